The fraction of sp³-hybridized carbons (Fsp3) is 0.286. The lowest BCUT2D eigenvalue weighted by atomic mass is 10.2. The van der Waals surface area contributed by atoms with Crippen molar-refractivity contribution in [1.82, 2.24) is 25.2 Å². The number of hydrogen-bond acceptors (Lipinski definition) is 5. The highest BCUT2D eigenvalue weighted by Crippen LogP contribution is 2.16. The van der Waals surface area contributed by atoms with Gasteiger partial charge in [-0.15, -0.1) is 5.10 Å². The SMILES string of the molecule is CC(C)Nc1n[nH]c(=O)c2c1nnn2Cc1ccccc1. The lowest BCUT2D eigenvalue weighted by Crippen LogP contribution is -2.18. The molecule has 0 saturated carbocycles. The second-order valence-corrected chi connectivity index (χ2v) is 5.13. The summed E-state index contributed by atoms with van der Waals surface area (Å²) in [7, 11) is 0. The van der Waals surface area contributed by atoms with Gasteiger partial charge in [0.2, 0.25) is 0 Å². The molecule has 0 fully saturated rings. The lowest BCUT2D eigenvalue weighted by molar-refractivity contribution is 0.667. The first-order valence-electron chi connectivity index (χ1n) is 6.77. The zero-order chi connectivity index (χ0) is 14.8. The Bertz CT molecular complexity index is 805. The van der Waals surface area contributed by atoms with Crippen molar-refractivity contribution in [3.05, 3.63) is 46.2 Å². The molecule has 0 saturated heterocycles. The van der Waals surface area contributed by atoms with Gasteiger partial charge in [-0.3, -0.25) is 4.79 Å². The fourth-order valence-electron chi connectivity index (χ4n) is 2.15. The normalized spacial score (nSPS) is 11.2. The van der Waals surface area contributed by atoms with Crippen LogP contribution in [0.1, 0.15) is 19.4 Å². The minimum Gasteiger partial charge on any atom is -0.365 e. The van der Waals surface area contributed by atoms with Crippen LogP contribution in [0.25, 0.3) is 11.0 Å². The van der Waals surface area contributed by atoms with Crippen LogP contribution in [0.4, 0.5) is 5.82 Å². The van der Waals surface area contributed by atoms with Crippen LogP contribution in [0.3, 0.4) is 0 Å². The van der Waals surface area contributed by atoms with Crippen LogP contribution < -0.4 is 10.9 Å². The topological polar surface area (TPSA) is 88.5 Å². The van der Waals surface area contributed by atoms with Crippen LogP contribution >= 0.6 is 0 Å². The maximum atomic E-state index is 12.0. The summed E-state index contributed by atoms with van der Waals surface area (Å²) in [6, 6.07) is 10.0. The Kier molecular flexibility index (Phi) is 3.39. The van der Waals surface area contributed by atoms with Gasteiger partial charge in [-0.05, 0) is 19.4 Å². The Labute approximate surface area is 121 Å². The number of rotatable bonds is 4. The minimum absolute atomic E-state index is 0.186. The highest BCUT2D eigenvalue weighted by atomic mass is 16.1. The van der Waals surface area contributed by atoms with Crippen molar-refractivity contribution in [3.8, 4) is 0 Å². The average Bonchev–Trinajstić information content (AvgIpc) is 2.88. The second-order valence-electron chi connectivity index (χ2n) is 5.13. The highest BCUT2D eigenvalue weighted by molar-refractivity contribution is 5.84. The fourth-order valence-corrected chi connectivity index (χ4v) is 2.15. The van der Waals surface area contributed by atoms with E-state index in [0.717, 1.165) is 5.56 Å². The summed E-state index contributed by atoms with van der Waals surface area (Å²) in [5.41, 5.74) is 1.68. The molecule has 21 heavy (non-hydrogen) atoms. The maximum Gasteiger partial charge on any atom is 0.292 e. The molecule has 3 aromatic rings. The summed E-state index contributed by atoms with van der Waals surface area (Å²) >= 11 is 0. The molecule has 0 unspecified atom stereocenters. The van der Waals surface area contributed by atoms with Gasteiger partial charge >= 0.3 is 0 Å². The summed E-state index contributed by atoms with van der Waals surface area (Å²) in [4.78, 5) is 12.0. The molecule has 0 aliphatic rings. The van der Waals surface area contributed by atoms with Crippen molar-refractivity contribution in [1.29, 1.82) is 0 Å². The molecule has 0 spiro atoms. The molecule has 0 bridgehead atoms. The predicted molar refractivity (Wildman–Crippen MR) is 80.2 cm³/mol. The van der Waals surface area contributed by atoms with Crippen molar-refractivity contribution in [2.75, 3.05) is 5.32 Å². The molecule has 7 nitrogen and oxygen atoms in total. The van der Waals surface area contributed by atoms with Crippen molar-refractivity contribution >= 4 is 16.9 Å². The van der Waals surface area contributed by atoms with E-state index in [-0.39, 0.29) is 11.6 Å². The number of benzene rings is 1. The van der Waals surface area contributed by atoms with E-state index >= 15 is 0 Å². The standard InChI is InChI=1S/C14H16N6O/c1-9(2)15-13-11-12(14(21)18-17-13)20(19-16-11)8-10-6-4-3-5-7-10/h3-7,9H,8H2,1-2H3,(H,15,17)(H,18,21). The summed E-state index contributed by atoms with van der Waals surface area (Å²) in [5, 5.41) is 17.8. The van der Waals surface area contributed by atoms with E-state index in [9.17, 15) is 4.79 Å². The molecule has 0 amide bonds. The van der Waals surface area contributed by atoms with Gasteiger partial charge in [-0.1, -0.05) is 35.5 Å². The molecule has 0 radical (unpaired) electrons. The summed E-state index contributed by atoms with van der Waals surface area (Å²) in [6.45, 7) is 4.48. The summed E-state index contributed by atoms with van der Waals surface area (Å²) in [5.74, 6) is 0.541. The van der Waals surface area contributed by atoms with Crippen LogP contribution in [0.15, 0.2) is 35.1 Å². The molecule has 2 N–H and O–H groups in total. The van der Waals surface area contributed by atoms with E-state index in [2.05, 4.69) is 25.8 Å². The first-order valence-corrected chi connectivity index (χ1v) is 6.77. The third-order valence-electron chi connectivity index (χ3n) is 3.04. The third kappa shape index (κ3) is 2.62. The molecule has 0 atom stereocenters. The molecular formula is C14H16N6O. The van der Waals surface area contributed by atoms with Gasteiger partial charge in [0.25, 0.3) is 5.56 Å². The van der Waals surface area contributed by atoms with Gasteiger partial charge in [-0.2, -0.15) is 5.10 Å². The Balaban J connectivity index is 2.07. The number of nitrogens with one attached hydrogen (secondary N) is 2. The summed E-state index contributed by atoms with van der Waals surface area (Å²) < 4.78 is 1.59. The zero-order valence-electron chi connectivity index (χ0n) is 11.9. The van der Waals surface area contributed by atoms with Gasteiger partial charge in [0.1, 0.15) is 0 Å². The molecule has 0 aliphatic heterocycles. The molecule has 108 valence electrons. The van der Waals surface area contributed by atoms with Gasteiger partial charge < -0.3 is 5.32 Å². The third-order valence-corrected chi connectivity index (χ3v) is 3.04. The van der Waals surface area contributed by atoms with Crippen molar-refractivity contribution in [2.24, 2.45) is 0 Å². The van der Waals surface area contributed by atoms with Crippen LogP contribution in [-0.2, 0) is 6.54 Å². The van der Waals surface area contributed by atoms with E-state index in [0.29, 0.717) is 23.4 Å². The van der Waals surface area contributed by atoms with E-state index in [4.69, 9.17) is 0 Å². The highest BCUT2D eigenvalue weighted by Gasteiger charge is 2.15. The van der Waals surface area contributed by atoms with Crippen LogP contribution in [0.5, 0.6) is 0 Å². The monoisotopic (exact) mass is 284 g/mol. The first-order chi connectivity index (χ1) is 10.1. The van der Waals surface area contributed by atoms with E-state index in [1.54, 1.807) is 4.68 Å². The number of H-pyrrole nitrogens is 1. The van der Waals surface area contributed by atoms with Crippen molar-refractivity contribution in [2.45, 2.75) is 26.4 Å². The Hall–Kier alpha value is -2.70. The summed E-state index contributed by atoms with van der Waals surface area (Å²) in [6.07, 6.45) is 0. The van der Waals surface area contributed by atoms with Gasteiger partial charge in [-0.25, -0.2) is 9.78 Å². The van der Waals surface area contributed by atoms with Crippen molar-refractivity contribution in [3.63, 3.8) is 0 Å². The number of fused-ring (bicyclic) bond motifs is 1. The molecule has 7 heteroatoms. The Morgan fingerprint density at radius 3 is 2.76 bits per heavy atom. The Morgan fingerprint density at radius 1 is 1.29 bits per heavy atom. The smallest absolute Gasteiger partial charge is 0.292 e. The van der Waals surface area contributed by atoms with Gasteiger partial charge in [0, 0.05) is 6.04 Å². The van der Waals surface area contributed by atoms with Crippen LogP contribution in [0, 0.1) is 0 Å². The predicted octanol–water partition coefficient (Wildman–Crippen LogP) is 1.38. The van der Waals surface area contributed by atoms with Crippen LogP contribution in [-0.4, -0.2) is 31.2 Å². The number of nitrogens with zero attached hydrogens (tertiary/aromatic N) is 4. The second kappa shape index (κ2) is 5.35. The number of aromatic nitrogens is 5. The molecule has 3 rings (SSSR count). The van der Waals surface area contributed by atoms with Gasteiger partial charge in [0.15, 0.2) is 16.9 Å². The molecule has 2 heterocycles. The minimum atomic E-state index is -0.291. The molecule has 2 aromatic heterocycles. The average molecular weight is 284 g/mol. The molecular weight excluding hydrogens is 268 g/mol. The number of anilines is 1. The van der Waals surface area contributed by atoms with E-state index in [1.807, 2.05) is 44.2 Å². The lowest BCUT2D eigenvalue weighted by Gasteiger charge is -2.08. The van der Waals surface area contributed by atoms with Crippen LogP contribution in [0.2, 0.25) is 0 Å². The zero-order valence-corrected chi connectivity index (χ0v) is 11.9. The van der Waals surface area contributed by atoms with Gasteiger partial charge in [0.05, 0.1) is 6.54 Å². The quantitative estimate of drug-likeness (QED) is 0.755. The largest absolute Gasteiger partial charge is 0.365 e. The maximum absolute atomic E-state index is 12.0. The number of hydrogen-bond donors (Lipinski definition) is 2. The molecule has 0 aliphatic carbocycles. The number of aromatic amines is 1. The Morgan fingerprint density at radius 2 is 2.05 bits per heavy atom. The first kappa shape index (κ1) is 13.3. The van der Waals surface area contributed by atoms with Crippen molar-refractivity contribution < 1.29 is 0 Å². The van der Waals surface area contributed by atoms with E-state index < -0.39 is 0 Å². The van der Waals surface area contributed by atoms with E-state index in [1.165, 1.54) is 0 Å². The molecule has 1 aromatic carbocycles.